The highest BCUT2D eigenvalue weighted by Gasteiger charge is 2.57. The number of ether oxygens (including phenoxy) is 4. The molecular formula is C32H33N3O6. The summed E-state index contributed by atoms with van der Waals surface area (Å²) >= 11 is 0. The van der Waals surface area contributed by atoms with Crippen LogP contribution in [-0.4, -0.2) is 55.0 Å². The number of nitrogens with one attached hydrogen (secondary N) is 1. The lowest BCUT2D eigenvalue weighted by Gasteiger charge is -2.24. The highest BCUT2D eigenvalue weighted by atomic mass is 16.7. The molecule has 4 aliphatic rings. The molecule has 2 amide bonds. The van der Waals surface area contributed by atoms with Gasteiger partial charge in [0.05, 0.1) is 6.54 Å². The number of para-hydroxylation sites is 1. The van der Waals surface area contributed by atoms with Crippen molar-refractivity contribution in [2.45, 2.75) is 50.8 Å². The van der Waals surface area contributed by atoms with Crippen molar-refractivity contribution in [1.82, 2.24) is 4.90 Å². The standard InChI is InChI=1S/C32H33N3O6/c1-31(2,3)41-30(37)34-13-12-22(17-34)33-21-10-8-20(9-11-21)16-35-25-7-5-4-6-23(25)32(29(35)36)18-38-26-15-28-27(14-24(26)32)39-19-40-28/h4-11,14-15,22,33H,12-13,16-19H2,1-3H3. The van der Waals surface area contributed by atoms with E-state index in [0.29, 0.717) is 36.9 Å². The fourth-order valence-corrected chi connectivity index (χ4v) is 6.22. The maximum absolute atomic E-state index is 14.2. The lowest BCUT2D eigenvalue weighted by Crippen LogP contribution is -2.42. The fraction of sp³-hybridized carbons (Fsp3) is 0.375. The van der Waals surface area contributed by atoms with Crippen LogP contribution in [-0.2, 0) is 21.5 Å². The smallest absolute Gasteiger partial charge is 0.410 e. The molecule has 0 saturated carbocycles. The minimum atomic E-state index is -0.920. The minimum Gasteiger partial charge on any atom is -0.491 e. The molecule has 0 bridgehead atoms. The largest absolute Gasteiger partial charge is 0.491 e. The summed E-state index contributed by atoms with van der Waals surface area (Å²) in [5.41, 5.74) is 3.21. The van der Waals surface area contributed by atoms with Gasteiger partial charge in [-0.25, -0.2) is 4.79 Å². The Hall–Kier alpha value is -4.40. The monoisotopic (exact) mass is 555 g/mol. The zero-order chi connectivity index (χ0) is 28.4. The van der Waals surface area contributed by atoms with Crippen molar-refractivity contribution in [2.24, 2.45) is 0 Å². The average Bonchev–Trinajstić information content (AvgIpc) is 3.72. The number of amides is 2. The number of fused-ring (bicyclic) bond motifs is 5. The van der Waals surface area contributed by atoms with Gasteiger partial charge in [0.25, 0.3) is 0 Å². The number of nitrogens with zero attached hydrogens (tertiary/aromatic N) is 2. The number of hydrogen-bond acceptors (Lipinski definition) is 7. The Kier molecular flexibility index (Phi) is 5.81. The number of likely N-dealkylation sites (tertiary alicyclic amines) is 1. The third-order valence-corrected chi connectivity index (χ3v) is 8.15. The SMILES string of the molecule is CC(C)(C)OC(=O)N1CCC(Nc2ccc(CN3C(=O)C4(COc5cc6c(cc54)OCO6)c4ccccc43)cc2)C1. The number of rotatable bonds is 4. The van der Waals surface area contributed by atoms with E-state index in [9.17, 15) is 9.59 Å². The van der Waals surface area contributed by atoms with Gasteiger partial charge in [0.15, 0.2) is 11.5 Å². The first-order chi connectivity index (χ1) is 19.7. The molecule has 1 fully saturated rings. The Bertz CT molecular complexity index is 1530. The van der Waals surface area contributed by atoms with E-state index >= 15 is 0 Å². The third kappa shape index (κ3) is 4.31. The van der Waals surface area contributed by atoms with E-state index in [1.807, 2.05) is 86.3 Å². The maximum Gasteiger partial charge on any atom is 0.410 e. The molecule has 1 N–H and O–H groups in total. The van der Waals surface area contributed by atoms with E-state index in [2.05, 4.69) is 5.32 Å². The highest BCUT2D eigenvalue weighted by Crippen LogP contribution is 2.55. The second-order valence-corrected chi connectivity index (χ2v) is 12.1. The van der Waals surface area contributed by atoms with Gasteiger partial charge >= 0.3 is 6.09 Å². The van der Waals surface area contributed by atoms with Crippen molar-refractivity contribution >= 4 is 23.4 Å². The second kappa shape index (κ2) is 9.33. The normalized spacial score (nSPS) is 22.1. The van der Waals surface area contributed by atoms with Crippen LogP contribution >= 0.6 is 0 Å². The Balaban J connectivity index is 1.07. The van der Waals surface area contributed by atoms with E-state index in [1.54, 1.807) is 4.90 Å². The number of carbonyl (C=O) groups excluding carboxylic acids is 2. The molecule has 3 aromatic carbocycles. The van der Waals surface area contributed by atoms with Crippen molar-refractivity contribution in [1.29, 1.82) is 0 Å². The first-order valence-corrected chi connectivity index (χ1v) is 14.0. The van der Waals surface area contributed by atoms with Crippen molar-refractivity contribution < 1.29 is 28.5 Å². The number of anilines is 2. The summed E-state index contributed by atoms with van der Waals surface area (Å²) in [5, 5.41) is 3.54. The summed E-state index contributed by atoms with van der Waals surface area (Å²) in [5.74, 6) is 1.93. The molecular weight excluding hydrogens is 522 g/mol. The molecule has 9 heteroatoms. The average molecular weight is 556 g/mol. The van der Waals surface area contributed by atoms with Gasteiger partial charge in [-0.15, -0.1) is 0 Å². The van der Waals surface area contributed by atoms with E-state index in [4.69, 9.17) is 18.9 Å². The molecule has 4 heterocycles. The Labute approximate surface area is 238 Å². The van der Waals surface area contributed by atoms with Crippen molar-refractivity contribution in [3.63, 3.8) is 0 Å². The van der Waals surface area contributed by atoms with Crippen LogP contribution in [0.3, 0.4) is 0 Å². The van der Waals surface area contributed by atoms with Gasteiger partial charge < -0.3 is 34.1 Å². The van der Waals surface area contributed by atoms with Gasteiger partial charge in [-0.3, -0.25) is 4.79 Å². The van der Waals surface area contributed by atoms with Crippen molar-refractivity contribution in [3.8, 4) is 17.2 Å². The van der Waals surface area contributed by atoms with Crippen LogP contribution in [0.2, 0.25) is 0 Å². The number of benzene rings is 3. The molecule has 4 aliphatic heterocycles. The van der Waals surface area contributed by atoms with Crippen LogP contribution in [0.15, 0.2) is 60.7 Å². The summed E-state index contributed by atoms with van der Waals surface area (Å²) in [6.45, 7) is 7.73. The molecule has 7 rings (SSSR count). The molecule has 0 aliphatic carbocycles. The van der Waals surface area contributed by atoms with Crippen LogP contribution in [0.1, 0.15) is 43.9 Å². The maximum atomic E-state index is 14.2. The highest BCUT2D eigenvalue weighted by molar-refractivity contribution is 6.11. The fourth-order valence-electron chi connectivity index (χ4n) is 6.22. The molecule has 212 valence electrons. The van der Waals surface area contributed by atoms with Gasteiger partial charge in [-0.2, -0.15) is 0 Å². The molecule has 0 radical (unpaired) electrons. The van der Waals surface area contributed by atoms with Gasteiger partial charge in [-0.1, -0.05) is 30.3 Å². The van der Waals surface area contributed by atoms with Gasteiger partial charge in [0.1, 0.15) is 23.4 Å². The molecule has 41 heavy (non-hydrogen) atoms. The minimum absolute atomic E-state index is 0.00768. The molecule has 3 aromatic rings. The Morgan fingerprint density at radius 3 is 2.54 bits per heavy atom. The zero-order valence-corrected chi connectivity index (χ0v) is 23.4. The summed E-state index contributed by atoms with van der Waals surface area (Å²) in [6.07, 6.45) is 0.581. The van der Waals surface area contributed by atoms with E-state index in [-0.39, 0.29) is 31.4 Å². The molecule has 9 nitrogen and oxygen atoms in total. The van der Waals surface area contributed by atoms with Crippen LogP contribution in [0.25, 0.3) is 0 Å². The van der Waals surface area contributed by atoms with Crippen LogP contribution < -0.4 is 24.4 Å². The quantitative estimate of drug-likeness (QED) is 0.481. The molecule has 1 spiro atoms. The lowest BCUT2D eigenvalue weighted by atomic mass is 9.77. The van der Waals surface area contributed by atoms with Crippen molar-refractivity contribution in [2.75, 3.05) is 36.7 Å². The number of hydrogen-bond donors (Lipinski definition) is 1. The summed E-state index contributed by atoms with van der Waals surface area (Å²) < 4.78 is 22.8. The topological polar surface area (TPSA) is 89.6 Å². The van der Waals surface area contributed by atoms with Gasteiger partial charge in [0.2, 0.25) is 12.7 Å². The van der Waals surface area contributed by atoms with E-state index in [1.165, 1.54) is 0 Å². The third-order valence-electron chi connectivity index (χ3n) is 8.15. The molecule has 1 saturated heterocycles. The first kappa shape index (κ1) is 25.6. The zero-order valence-electron chi connectivity index (χ0n) is 23.4. The number of carbonyl (C=O) groups is 2. The van der Waals surface area contributed by atoms with Crippen LogP contribution in [0.4, 0.5) is 16.2 Å². The summed E-state index contributed by atoms with van der Waals surface area (Å²) in [6, 6.07) is 20.0. The Morgan fingerprint density at radius 2 is 1.76 bits per heavy atom. The predicted molar refractivity (Wildman–Crippen MR) is 153 cm³/mol. The Morgan fingerprint density at radius 1 is 1.00 bits per heavy atom. The van der Waals surface area contributed by atoms with E-state index < -0.39 is 11.0 Å². The first-order valence-electron chi connectivity index (χ1n) is 14.0. The van der Waals surface area contributed by atoms with Crippen LogP contribution in [0.5, 0.6) is 17.2 Å². The van der Waals surface area contributed by atoms with Crippen molar-refractivity contribution in [3.05, 3.63) is 77.4 Å². The van der Waals surface area contributed by atoms with Crippen LogP contribution in [0, 0.1) is 0 Å². The summed E-state index contributed by atoms with van der Waals surface area (Å²) in [4.78, 5) is 30.3. The molecule has 2 atom stereocenters. The predicted octanol–water partition coefficient (Wildman–Crippen LogP) is 5.06. The van der Waals surface area contributed by atoms with E-state index in [0.717, 1.165) is 34.5 Å². The molecule has 2 unspecified atom stereocenters. The lowest BCUT2D eigenvalue weighted by molar-refractivity contribution is -0.122. The van der Waals surface area contributed by atoms with Gasteiger partial charge in [0, 0.05) is 42.1 Å². The molecule has 0 aromatic heterocycles. The second-order valence-electron chi connectivity index (χ2n) is 12.1. The summed E-state index contributed by atoms with van der Waals surface area (Å²) in [7, 11) is 0. The van der Waals surface area contributed by atoms with Gasteiger partial charge in [-0.05, 0) is 62.6 Å².